The molecular weight excluding hydrogens is 382 g/mol. The van der Waals surface area contributed by atoms with Crippen molar-refractivity contribution in [3.8, 4) is 5.75 Å². The van der Waals surface area contributed by atoms with Crippen LogP contribution in [-0.4, -0.2) is 13.2 Å². The summed E-state index contributed by atoms with van der Waals surface area (Å²) in [5.74, 6) is 1.76. The number of rotatable bonds is 5. The number of benzene rings is 1. The molecule has 1 saturated carbocycles. The average Bonchev–Trinajstić information content (AvgIpc) is 2.45. The number of nitrogens with one attached hydrogen (secondary N) is 1. The minimum absolute atomic E-state index is 0.649. The summed E-state index contributed by atoms with van der Waals surface area (Å²) in [4.78, 5) is 0. The van der Waals surface area contributed by atoms with E-state index in [4.69, 9.17) is 4.74 Å². The van der Waals surface area contributed by atoms with Crippen LogP contribution in [0.25, 0.3) is 0 Å². The highest BCUT2D eigenvalue weighted by atomic mass is 79.9. The molecule has 1 aromatic carbocycles. The number of hydrogen-bond acceptors (Lipinski definition) is 2. The third-order valence-electron chi connectivity index (χ3n) is 4.28. The van der Waals surface area contributed by atoms with Crippen molar-refractivity contribution in [2.45, 2.75) is 51.6 Å². The highest BCUT2D eigenvalue weighted by Gasteiger charge is 2.23. The summed E-state index contributed by atoms with van der Waals surface area (Å²) >= 11 is 7.12. The molecule has 1 fully saturated rings. The summed E-state index contributed by atoms with van der Waals surface area (Å²) < 4.78 is 7.60. The van der Waals surface area contributed by atoms with E-state index in [1.54, 1.807) is 7.11 Å². The van der Waals surface area contributed by atoms with Crippen LogP contribution in [0.1, 0.15) is 44.6 Å². The predicted octanol–water partition coefficient (Wildman–Crippen LogP) is 5.28. The predicted molar refractivity (Wildman–Crippen MR) is 91.3 cm³/mol. The minimum Gasteiger partial charge on any atom is -0.495 e. The summed E-state index contributed by atoms with van der Waals surface area (Å²) in [6, 6.07) is 4.81. The lowest BCUT2D eigenvalue weighted by atomic mass is 9.83. The van der Waals surface area contributed by atoms with E-state index in [0.29, 0.717) is 6.04 Å². The third kappa shape index (κ3) is 3.99. The van der Waals surface area contributed by atoms with Gasteiger partial charge in [0.2, 0.25) is 0 Å². The van der Waals surface area contributed by atoms with Gasteiger partial charge in [-0.3, -0.25) is 0 Å². The number of hydrogen-bond donors (Lipinski definition) is 1. The molecule has 4 heteroatoms. The number of methoxy groups -OCH3 is 1. The molecule has 0 aromatic heterocycles. The van der Waals surface area contributed by atoms with Gasteiger partial charge >= 0.3 is 0 Å². The topological polar surface area (TPSA) is 21.3 Å². The Morgan fingerprint density at radius 2 is 2.00 bits per heavy atom. The monoisotopic (exact) mass is 403 g/mol. The van der Waals surface area contributed by atoms with Crippen LogP contribution in [0.2, 0.25) is 0 Å². The molecule has 0 radical (unpaired) electrons. The van der Waals surface area contributed by atoms with Crippen LogP contribution in [-0.2, 0) is 6.54 Å². The summed E-state index contributed by atoms with van der Waals surface area (Å²) in [7, 11) is 1.73. The van der Waals surface area contributed by atoms with Crippen LogP contribution < -0.4 is 10.1 Å². The van der Waals surface area contributed by atoms with Crippen LogP contribution in [0.4, 0.5) is 0 Å². The Morgan fingerprint density at radius 3 is 2.70 bits per heavy atom. The van der Waals surface area contributed by atoms with E-state index in [0.717, 1.165) is 27.2 Å². The molecule has 1 N–H and O–H groups in total. The fraction of sp³-hybridized carbons (Fsp3) is 0.625. The third-order valence-corrected chi connectivity index (χ3v) is 5.32. The van der Waals surface area contributed by atoms with E-state index >= 15 is 0 Å². The van der Waals surface area contributed by atoms with Crippen molar-refractivity contribution in [3.63, 3.8) is 0 Å². The Balaban J connectivity index is 2.06. The zero-order valence-corrected chi connectivity index (χ0v) is 15.4. The second-order valence-corrected chi connectivity index (χ2v) is 7.29. The maximum Gasteiger partial charge on any atom is 0.137 e. The molecule has 0 bridgehead atoms. The first-order valence-electron chi connectivity index (χ1n) is 7.41. The highest BCUT2D eigenvalue weighted by Crippen LogP contribution is 2.33. The van der Waals surface area contributed by atoms with Gasteiger partial charge in [0.1, 0.15) is 5.75 Å². The first kappa shape index (κ1) is 16.3. The minimum atomic E-state index is 0.649. The van der Waals surface area contributed by atoms with Gasteiger partial charge < -0.3 is 10.1 Å². The van der Waals surface area contributed by atoms with Crippen molar-refractivity contribution in [1.82, 2.24) is 5.32 Å². The van der Waals surface area contributed by atoms with Crippen LogP contribution in [0.5, 0.6) is 5.75 Å². The standard InChI is InChI=1S/C16H23Br2NO/c1-3-11-6-4-5-7-15(11)19-10-12-8-13(17)9-14(18)16(12)20-2/h8-9,11,15,19H,3-7,10H2,1-2H3. The van der Waals surface area contributed by atoms with Crippen molar-refractivity contribution in [3.05, 3.63) is 26.6 Å². The summed E-state index contributed by atoms with van der Waals surface area (Å²) in [5.41, 5.74) is 1.20. The van der Waals surface area contributed by atoms with Gasteiger partial charge in [0.15, 0.2) is 0 Å². The summed E-state index contributed by atoms with van der Waals surface area (Å²) in [5, 5.41) is 3.75. The van der Waals surface area contributed by atoms with E-state index in [-0.39, 0.29) is 0 Å². The zero-order chi connectivity index (χ0) is 14.5. The van der Waals surface area contributed by atoms with Crippen LogP contribution in [0, 0.1) is 5.92 Å². The molecule has 1 aliphatic rings. The molecule has 20 heavy (non-hydrogen) atoms. The molecule has 2 unspecified atom stereocenters. The van der Waals surface area contributed by atoms with Gasteiger partial charge in [0.25, 0.3) is 0 Å². The van der Waals surface area contributed by atoms with Crippen LogP contribution in [0.15, 0.2) is 21.1 Å². The van der Waals surface area contributed by atoms with Gasteiger partial charge in [0, 0.05) is 22.6 Å². The molecule has 0 spiro atoms. The molecule has 0 aliphatic heterocycles. The first-order valence-corrected chi connectivity index (χ1v) is 8.99. The van der Waals surface area contributed by atoms with Crippen molar-refractivity contribution >= 4 is 31.9 Å². The smallest absolute Gasteiger partial charge is 0.137 e. The molecule has 112 valence electrons. The quantitative estimate of drug-likeness (QED) is 0.720. The molecular formula is C16H23Br2NO. The van der Waals surface area contributed by atoms with Crippen molar-refractivity contribution < 1.29 is 4.74 Å². The van der Waals surface area contributed by atoms with Gasteiger partial charge in [-0.05, 0) is 46.8 Å². The molecule has 0 amide bonds. The number of halogens is 2. The van der Waals surface area contributed by atoms with E-state index in [9.17, 15) is 0 Å². The zero-order valence-electron chi connectivity index (χ0n) is 12.2. The maximum atomic E-state index is 5.52. The molecule has 1 aliphatic carbocycles. The molecule has 1 aromatic rings. The lowest BCUT2D eigenvalue weighted by molar-refractivity contribution is 0.253. The Morgan fingerprint density at radius 1 is 1.25 bits per heavy atom. The summed E-state index contributed by atoms with van der Waals surface area (Å²) in [6.07, 6.45) is 6.69. The normalized spacial score (nSPS) is 22.8. The summed E-state index contributed by atoms with van der Waals surface area (Å²) in [6.45, 7) is 3.17. The molecule has 0 saturated heterocycles. The van der Waals surface area contributed by atoms with Gasteiger partial charge in [0.05, 0.1) is 11.6 Å². The fourth-order valence-corrected chi connectivity index (χ4v) is 4.66. The Hall–Kier alpha value is -0.0600. The number of ether oxygens (including phenoxy) is 1. The molecule has 2 rings (SSSR count). The molecule has 2 atom stereocenters. The van der Waals surface area contributed by atoms with E-state index in [1.165, 1.54) is 37.7 Å². The lowest BCUT2D eigenvalue weighted by Gasteiger charge is -2.32. The van der Waals surface area contributed by atoms with Crippen molar-refractivity contribution in [2.24, 2.45) is 5.92 Å². The van der Waals surface area contributed by atoms with Crippen molar-refractivity contribution in [2.75, 3.05) is 7.11 Å². The van der Waals surface area contributed by atoms with E-state index < -0.39 is 0 Å². The Bertz CT molecular complexity index is 450. The molecule has 0 heterocycles. The Kier molecular flexibility index (Phi) is 6.37. The largest absolute Gasteiger partial charge is 0.495 e. The lowest BCUT2D eigenvalue weighted by Crippen LogP contribution is -2.37. The second-order valence-electron chi connectivity index (χ2n) is 5.52. The first-order chi connectivity index (χ1) is 9.65. The van der Waals surface area contributed by atoms with Gasteiger partial charge in [-0.25, -0.2) is 0 Å². The van der Waals surface area contributed by atoms with Crippen molar-refractivity contribution in [1.29, 1.82) is 0 Å². The van der Waals surface area contributed by atoms with Gasteiger partial charge in [-0.2, -0.15) is 0 Å². The highest BCUT2D eigenvalue weighted by molar-refractivity contribution is 9.11. The van der Waals surface area contributed by atoms with E-state index in [1.807, 2.05) is 6.07 Å². The van der Waals surface area contributed by atoms with Crippen LogP contribution >= 0.6 is 31.9 Å². The Labute approximate surface area is 138 Å². The maximum absolute atomic E-state index is 5.52. The van der Waals surface area contributed by atoms with E-state index in [2.05, 4.69) is 50.2 Å². The average molecular weight is 405 g/mol. The van der Waals surface area contributed by atoms with Crippen LogP contribution in [0.3, 0.4) is 0 Å². The second kappa shape index (κ2) is 7.81. The van der Waals surface area contributed by atoms with Gasteiger partial charge in [-0.15, -0.1) is 0 Å². The van der Waals surface area contributed by atoms with Gasteiger partial charge in [-0.1, -0.05) is 42.1 Å². The molecule has 2 nitrogen and oxygen atoms in total. The SMILES string of the molecule is CCC1CCCCC1NCc1cc(Br)cc(Br)c1OC. The fourth-order valence-electron chi connectivity index (χ4n) is 3.18.